The summed E-state index contributed by atoms with van der Waals surface area (Å²) in [6.45, 7) is 8.80. The molecule has 1 aromatic rings. The van der Waals surface area contributed by atoms with Gasteiger partial charge < -0.3 is 14.8 Å². The third kappa shape index (κ3) is 5.46. The molecule has 0 bridgehead atoms. The van der Waals surface area contributed by atoms with Gasteiger partial charge in [0.2, 0.25) is 0 Å². The number of anilines is 1. The Hall–Kier alpha value is -2.06. The molecule has 0 heterocycles. The Bertz CT molecular complexity index is 683. The summed E-state index contributed by atoms with van der Waals surface area (Å²) in [6, 6.07) is 7.39. The van der Waals surface area contributed by atoms with Crippen molar-refractivity contribution in [2.45, 2.75) is 77.9 Å². The van der Waals surface area contributed by atoms with Gasteiger partial charge in [0.25, 0.3) is 5.91 Å². The first kappa shape index (κ1) is 21.2. The van der Waals surface area contributed by atoms with Gasteiger partial charge in [-0.3, -0.25) is 4.79 Å². The predicted molar refractivity (Wildman–Crippen MR) is 107 cm³/mol. The number of hydrogen-bond acceptors (Lipinski definition) is 4. The summed E-state index contributed by atoms with van der Waals surface area (Å²) in [5.41, 5.74) is 0.113. The molecule has 148 valence electrons. The van der Waals surface area contributed by atoms with Crippen LogP contribution in [0.4, 0.5) is 5.69 Å². The summed E-state index contributed by atoms with van der Waals surface area (Å²) in [5.74, 6) is 0.944. The Morgan fingerprint density at radius 1 is 1.44 bits per heavy atom. The summed E-state index contributed by atoms with van der Waals surface area (Å²) in [4.78, 5) is 13.1. The molecule has 0 unspecified atom stereocenters. The fourth-order valence-corrected chi connectivity index (χ4v) is 3.55. The van der Waals surface area contributed by atoms with E-state index in [1.54, 1.807) is 18.2 Å². The van der Waals surface area contributed by atoms with E-state index >= 15 is 0 Å². The van der Waals surface area contributed by atoms with Gasteiger partial charge in [-0.25, -0.2) is 0 Å². The lowest BCUT2D eigenvalue weighted by atomic mass is 9.78. The van der Waals surface area contributed by atoms with Crippen molar-refractivity contribution in [3.63, 3.8) is 0 Å². The van der Waals surface area contributed by atoms with E-state index in [9.17, 15) is 10.1 Å². The highest BCUT2D eigenvalue weighted by atomic mass is 16.5. The maximum absolute atomic E-state index is 13.1. The Morgan fingerprint density at radius 2 is 2.22 bits per heavy atom. The van der Waals surface area contributed by atoms with Crippen LogP contribution in [0, 0.1) is 17.2 Å². The minimum absolute atomic E-state index is 0.0754. The topological polar surface area (TPSA) is 71.3 Å². The van der Waals surface area contributed by atoms with Gasteiger partial charge in [-0.05, 0) is 57.1 Å². The quantitative estimate of drug-likeness (QED) is 0.693. The van der Waals surface area contributed by atoms with Crippen LogP contribution in [-0.4, -0.2) is 24.2 Å². The van der Waals surface area contributed by atoms with E-state index in [0.29, 0.717) is 29.5 Å². The van der Waals surface area contributed by atoms with Crippen molar-refractivity contribution < 1.29 is 14.3 Å². The zero-order valence-electron chi connectivity index (χ0n) is 17.0. The van der Waals surface area contributed by atoms with Gasteiger partial charge in [0.05, 0.1) is 17.4 Å². The van der Waals surface area contributed by atoms with Crippen LogP contribution < -0.4 is 10.1 Å². The third-order valence-corrected chi connectivity index (χ3v) is 5.22. The highest BCUT2D eigenvalue weighted by molar-refractivity contribution is 5.98. The van der Waals surface area contributed by atoms with Gasteiger partial charge >= 0.3 is 0 Å². The number of nitrogens with zero attached hydrogens (tertiary/aromatic N) is 1. The fourth-order valence-electron chi connectivity index (χ4n) is 3.55. The second-order valence-corrected chi connectivity index (χ2v) is 7.65. The molecule has 1 aromatic carbocycles. The predicted octanol–water partition coefficient (Wildman–Crippen LogP) is 5.05. The van der Waals surface area contributed by atoms with Crippen LogP contribution in [0.25, 0.3) is 0 Å². The highest BCUT2D eigenvalue weighted by Gasteiger charge is 2.43. The molecule has 2 rings (SSSR count). The lowest BCUT2D eigenvalue weighted by Gasteiger charge is -2.38. The van der Waals surface area contributed by atoms with E-state index < -0.39 is 5.60 Å². The zero-order chi connectivity index (χ0) is 19.9. The number of rotatable bonds is 8. The zero-order valence-corrected chi connectivity index (χ0v) is 17.0. The molecule has 0 saturated heterocycles. The van der Waals surface area contributed by atoms with E-state index in [1.165, 1.54) is 0 Å². The Morgan fingerprint density at radius 3 is 2.85 bits per heavy atom. The van der Waals surface area contributed by atoms with E-state index in [4.69, 9.17) is 9.47 Å². The monoisotopic (exact) mass is 372 g/mol. The van der Waals surface area contributed by atoms with Crippen LogP contribution in [0.3, 0.4) is 0 Å². The van der Waals surface area contributed by atoms with Crippen LogP contribution in [0.5, 0.6) is 5.75 Å². The molecule has 1 aliphatic carbocycles. The number of hydrogen-bond donors (Lipinski definition) is 1. The summed E-state index contributed by atoms with van der Waals surface area (Å²) in [7, 11) is 0. The Labute approximate surface area is 163 Å². The number of nitrogens with one attached hydrogen (secondary N) is 1. The third-order valence-electron chi connectivity index (χ3n) is 5.22. The van der Waals surface area contributed by atoms with Gasteiger partial charge in [-0.2, -0.15) is 5.26 Å². The van der Waals surface area contributed by atoms with Crippen LogP contribution in [0.2, 0.25) is 0 Å². The molecule has 0 aromatic heterocycles. The molecular formula is C22H32N2O3. The molecule has 3 atom stereocenters. The average molecular weight is 373 g/mol. The minimum Gasteiger partial charge on any atom is -0.491 e. The fraction of sp³-hybridized carbons (Fsp3) is 0.636. The highest BCUT2D eigenvalue weighted by Crippen LogP contribution is 2.37. The summed E-state index contributed by atoms with van der Waals surface area (Å²) in [5, 5.41) is 12.5. The molecule has 0 aliphatic heterocycles. The van der Waals surface area contributed by atoms with Gasteiger partial charge in [0.15, 0.2) is 0 Å². The van der Waals surface area contributed by atoms with Gasteiger partial charge in [-0.15, -0.1) is 0 Å². The van der Waals surface area contributed by atoms with Crippen LogP contribution >= 0.6 is 0 Å². The lowest BCUT2D eigenvalue weighted by Crippen LogP contribution is -2.48. The van der Waals surface area contributed by atoms with Crippen molar-refractivity contribution in [1.29, 1.82) is 5.26 Å². The van der Waals surface area contributed by atoms with Crippen molar-refractivity contribution in [3.05, 3.63) is 23.8 Å². The molecule has 0 radical (unpaired) electrons. The molecule has 0 spiro atoms. The molecule has 1 fully saturated rings. The van der Waals surface area contributed by atoms with Gasteiger partial charge in [0, 0.05) is 12.7 Å². The van der Waals surface area contributed by atoms with Crippen molar-refractivity contribution in [2.24, 2.45) is 5.92 Å². The van der Waals surface area contributed by atoms with Crippen LogP contribution in [0.15, 0.2) is 18.2 Å². The smallest absolute Gasteiger partial charge is 0.256 e. The van der Waals surface area contributed by atoms with E-state index in [1.807, 2.05) is 20.8 Å². The normalized spacial score (nSPS) is 23.3. The van der Waals surface area contributed by atoms with Crippen molar-refractivity contribution in [2.75, 3.05) is 11.9 Å². The van der Waals surface area contributed by atoms with Crippen molar-refractivity contribution in [1.82, 2.24) is 0 Å². The summed E-state index contributed by atoms with van der Waals surface area (Å²) in [6.07, 6.45) is 5.37. The van der Waals surface area contributed by atoms with E-state index in [0.717, 1.165) is 38.5 Å². The molecule has 5 nitrogen and oxygen atoms in total. The molecule has 5 heteroatoms. The maximum atomic E-state index is 13.1. The first-order chi connectivity index (χ1) is 12.9. The SMILES string of the molecule is CCCO[C@@]1(C(=O)Nc2ccc(O[C@H](C)CC)cc2C#N)CCC[C@@H](C)C1. The van der Waals surface area contributed by atoms with E-state index in [-0.39, 0.29) is 12.0 Å². The van der Waals surface area contributed by atoms with Crippen molar-refractivity contribution in [3.8, 4) is 11.8 Å². The molecule has 1 amide bonds. The molecule has 1 N–H and O–H groups in total. The number of nitriles is 1. The first-order valence-corrected chi connectivity index (χ1v) is 10.1. The minimum atomic E-state index is -0.799. The molecule has 1 aliphatic rings. The molecule has 1 saturated carbocycles. The second-order valence-electron chi connectivity index (χ2n) is 7.65. The largest absolute Gasteiger partial charge is 0.491 e. The molecule has 27 heavy (non-hydrogen) atoms. The standard InChI is InChI=1S/C22H32N2O3/c1-5-12-26-22(11-7-8-16(3)14-22)21(25)24-20-10-9-19(13-18(20)15-23)27-17(4)6-2/h9-10,13,16-17H,5-8,11-12,14H2,1-4H3,(H,24,25)/t16-,17-,22+/m1/s1. The summed E-state index contributed by atoms with van der Waals surface area (Å²) >= 11 is 0. The van der Waals surface area contributed by atoms with Crippen LogP contribution in [-0.2, 0) is 9.53 Å². The first-order valence-electron chi connectivity index (χ1n) is 10.1. The van der Waals surface area contributed by atoms with E-state index in [2.05, 4.69) is 18.3 Å². The number of ether oxygens (including phenoxy) is 2. The number of amides is 1. The average Bonchev–Trinajstić information content (AvgIpc) is 2.67. The van der Waals surface area contributed by atoms with Gasteiger partial charge in [-0.1, -0.05) is 27.2 Å². The lowest BCUT2D eigenvalue weighted by molar-refractivity contribution is -0.148. The number of carbonyl (C=O) groups excluding carboxylic acids is 1. The number of carbonyl (C=O) groups is 1. The maximum Gasteiger partial charge on any atom is 0.256 e. The van der Waals surface area contributed by atoms with Crippen molar-refractivity contribution >= 4 is 11.6 Å². The summed E-state index contributed by atoms with van der Waals surface area (Å²) < 4.78 is 11.8. The Kier molecular flexibility index (Phi) is 7.67. The molecular weight excluding hydrogens is 340 g/mol. The second kappa shape index (κ2) is 9.75. The van der Waals surface area contributed by atoms with Crippen LogP contribution in [0.1, 0.15) is 71.8 Å². The Balaban J connectivity index is 2.20. The number of benzene rings is 1. The van der Waals surface area contributed by atoms with Gasteiger partial charge in [0.1, 0.15) is 17.4 Å².